The van der Waals surface area contributed by atoms with Crippen LogP contribution < -0.4 is 10.1 Å². The van der Waals surface area contributed by atoms with Crippen LogP contribution in [0.4, 0.5) is 5.82 Å². The molecule has 0 bridgehead atoms. The molecular formula is C24H27N5O2. The molecule has 0 atom stereocenters. The summed E-state index contributed by atoms with van der Waals surface area (Å²) in [6.07, 6.45) is 8.36. The van der Waals surface area contributed by atoms with Gasteiger partial charge in [0, 0.05) is 42.6 Å². The quantitative estimate of drug-likeness (QED) is 0.590. The molecule has 0 amide bonds. The molecule has 0 spiro atoms. The summed E-state index contributed by atoms with van der Waals surface area (Å²) in [6.45, 7) is 2.33. The van der Waals surface area contributed by atoms with E-state index in [1.165, 1.54) is 0 Å². The molecule has 0 unspecified atom stereocenters. The molecule has 1 aromatic carbocycles. The summed E-state index contributed by atoms with van der Waals surface area (Å²) in [5, 5.41) is 4.67. The Kier molecular flexibility index (Phi) is 5.76. The van der Waals surface area contributed by atoms with Crippen molar-refractivity contribution in [1.82, 2.24) is 19.9 Å². The number of fused-ring (bicyclic) bond motifs is 1. The van der Waals surface area contributed by atoms with Crippen LogP contribution in [0, 0.1) is 0 Å². The summed E-state index contributed by atoms with van der Waals surface area (Å²) in [5.74, 6) is 1.91. The van der Waals surface area contributed by atoms with Crippen LogP contribution in [0.15, 0.2) is 48.8 Å². The van der Waals surface area contributed by atoms with Crippen LogP contribution in [0.2, 0.25) is 0 Å². The SMILES string of the molecule is O=CCN1CCC(c2nccnc2O[C@H]2C[C@H](Nc3ccc4ccccc4n3)C2)CC1. The molecule has 3 heterocycles. The number of piperidine rings is 1. The minimum atomic E-state index is 0.142. The highest BCUT2D eigenvalue weighted by Gasteiger charge is 2.33. The minimum Gasteiger partial charge on any atom is -0.473 e. The molecule has 2 aromatic heterocycles. The lowest BCUT2D eigenvalue weighted by atomic mass is 9.89. The van der Waals surface area contributed by atoms with Gasteiger partial charge in [-0.05, 0) is 44.1 Å². The third-order valence-electron chi connectivity index (χ3n) is 6.32. The summed E-state index contributed by atoms with van der Waals surface area (Å²) in [7, 11) is 0. The maximum absolute atomic E-state index is 10.7. The van der Waals surface area contributed by atoms with Crippen molar-refractivity contribution in [3.63, 3.8) is 0 Å². The van der Waals surface area contributed by atoms with Gasteiger partial charge in [-0.25, -0.2) is 9.97 Å². The average Bonchev–Trinajstić information content (AvgIpc) is 2.79. The standard InChI is InChI=1S/C24H27N5O2/c30-14-13-29-11-7-18(8-12-29)23-24(26-10-9-25-23)31-20-15-19(16-20)27-22-6-5-17-3-1-2-4-21(17)28-22/h1-6,9-10,14,18-20H,7-8,11-13,15-16H2,(H,27,28)/t19-,20-. The van der Waals surface area contributed by atoms with E-state index in [9.17, 15) is 4.79 Å². The van der Waals surface area contributed by atoms with E-state index >= 15 is 0 Å². The van der Waals surface area contributed by atoms with Gasteiger partial charge in [-0.1, -0.05) is 18.2 Å². The molecule has 1 aliphatic carbocycles. The van der Waals surface area contributed by atoms with Crippen LogP contribution in [-0.4, -0.2) is 57.9 Å². The van der Waals surface area contributed by atoms with Gasteiger partial charge in [0.15, 0.2) is 0 Å². The van der Waals surface area contributed by atoms with Gasteiger partial charge in [-0.3, -0.25) is 9.88 Å². The van der Waals surface area contributed by atoms with Crippen molar-refractivity contribution >= 4 is 23.0 Å². The van der Waals surface area contributed by atoms with Crippen molar-refractivity contribution in [2.24, 2.45) is 0 Å². The van der Waals surface area contributed by atoms with Crippen LogP contribution in [0.25, 0.3) is 10.9 Å². The van der Waals surface area contributed by atoms with Crippen molar-refractivity contribution in [3.8, 4) is 5.88 Å². The second-order valence-corrected chi connectivity index (χ2v) is 8.43. The van der Waals surface area contributed by atoms with Crippen molar-refractivity contribution in [2.45, 2.75) is 43.7 Å². The number of aromatic nitrogens is 3. The topological polar surface area (TPSA) is 80.2 Å². The highest BCUT2D eigenvalue weighted by molar-refractivity contribution is 5.80. The highest BCUT2D eigenvalue weighted by Crippen LogP contribution is 2.34. The lowest BCUT2D eigenvalue weighted by molar-refractivity contribution is -0.109. The number of carbonyl (C=O) groups is 1. The third-order valence-corrected chi connectivity index (χ3v) is 6.32. The first-order chi connectivity index (χ1) is 15.3. The number of benzene rings is 1. The average molecular weight is 418 g/mol. The number of nitrogens with one attached hydrogen (secondary N) is 1. The zero-order valence-electron chi connectivity index (χ0n) is 17.5. The summed E-state index contributed by atoms with van der Waals surface area (Å²) in [5.41, 5.74) is 1.96. The van der Waals surface area contributed by atoms with E-state index in [0.29, 0.717) is 24.4 Å². The Morgan fingerprint density at radius 1 is 1.06 bits per heavy atom. The molecule has 31 heavy (non-hydrogen) atoms. The Hall–Kier alpha value is -3.06. The molecule has 160 valence electrons. The molecule has 1 N–H and O–H groups in total. The van der Waals surface area contributed by atoms with E-state index in [4.69, 9.17) is 9.72 Å². The van der Waals surface area contributed by atoms with Gasteiger partial charge in [-0.15, -0.1) is 0 Å². The predicted molar refractivity (Wildman–Crippen MR) is 119 cm³/mol. The second kappa shape index (κ2) is 8.98. The molecule has 2 aliphatic rings. The van der Waals surface area contributed by atoms with Crippen LogP contribution in [-0.2, 0) is 4.79 Å². The number of hydrogen-bond donors (Lipinski definition) is 1. The monoisotopic (exact) mass is 417 g/mol. The number of anilines is 1. The zero-order valence-corrected chi connectivity index (χ0v) is 17.5. The maximum atomic E-state index is 10.7. The first-order valence-electron chi connectivity index (χ1n) is 11.0. The predicted octanol–water partition coefficient (Wildman–Crippen LogP) is 3.43. The zero-order chi connectivity index (χ0) is 21.0. The summed E-state index contributed by atoms with van der Waals surface area (Å²) < 4.78 is 6.24. The Balaban J connectivity index is 1.16. The maximum Gasteiger partial charge on any atom is 0.236 e. The number of rotatable bonds is 7. The van der Waals surface area contributed by atoms with Crippen molar-refractivity contribution in [1.29, 1.82) is 0 Å². The number of pyridine rings is 1. The summed E-state index contributed by atoms with van der Waals surface area (Å²) in [6, 6.07) is 12.6. The summed E-state index contributed by atoms with van der Waals surface area (Å²) in [4.78, 5) is 26.7. The molecule has 5 rings (SSSR count). The fourth-order valence-corrected chi connectivity index (χ4v) is 4.49. The molecule has 0 radical (unpaired) electrons. The number of hydrogen-bond acceptors (Lipinski definition) is 7. The number of ether oxygens (including phenoxy) is 1. The van der Waals surface area contributed by atoms with Gasteiger partial charge in [0.25, 0.3) is 0 Å². The van der Waals surface area contributed by atoms with Crippen molar-refractivity contribution in [2.75, 3.05) is 25.0 Å². The van der Waals surface area contributed by atoms with E-state index in [0.717, 1.165) is 67.5 Å². The Morgan fingerprint density at radius 2 is 1.87 bits per heavy atom. The van der Waals surface area contributed by atoms with Gasteiger partial charge in [0.1, 0.15) is 23.9 Å². The van der Waals surface area contributed by atoms with E-state index in [2.05, 4.69) is 32.3 Å². The van der Waals surface area contributed by atoms with E-state index in [-0.39, 0.29) is 6.10 Å². The smallest absolute Gasteiger partial charge is 0.236 e. The van der Waals surface area contributed by atoms with Crippen LogP contribution >= 0.6 is 0 Å². The molecule has 1 saturated heterocycles. The van der Waals surface area contributed by atoms with Crippen LogP contribution in [0.5, 0.6) is 5.88 Å². The fraction of sp³-hybridized carbons (Fsp3) is 0.417. The van der Waals surface area contributed by atoms with Gasteiger partial charge in [0.05, 0.1) is 12.1 Å². The minimum absolute atomic E-state index is 0.142. The number of nitrogens with zero attached hydrogens (tertiary/aromatic N) is 4. The molecule has 3 aromatic rings. The number of carbonyl (C=O) groups excluding carboxylic acids is 1. The lowest BCUT2D eigenvalue weighted by Crippen LogP contribution is -2.43. The molecule has 7 heteroatoms. The van der Waals surface area contributed by atoms with Crippen molar-refractivity contribution in [3.05, 3.63) is 54.5 Å². The fourth-order valence-electron chi connectivity index (χ4n) is 4.49. The van der Waals surface area contributed by atoms with Gasteiger partial charge in [0.2, 0.25) is 5.88 Å². The van der Waals surface area contributed by atoms with Gasteiger partial charge >= 0.3 is 0 Å². The van der Waals surface area contributed by atoms with E-state index in [1.54, 1.807) is 12.4 Å². The molecule has 1 saturated carbocycles. The van der Waals surface area contributed by atoms with Crippen molar-refractivity contribution < 1.29 is 9.53 Å². The first kappa shape index (κ1) is 19.9. The number of para-hydroxylation sites is 1. The Morgan fingerprint density at radius 3 is 2.71 bits per heavy atom. The largest absolute Gasteiger partial charge is 0.473 e. The normalized spacial score (nSPS) is 22.1. The number of aldehydes is 1. The second-order valence-electron chi connectivity index (χ2n) is 8.43. The molecule has 7 nitrogen and oxygen atoms in total. The van der Waals surface area contributed by atoms with Crippen LogP contribution in [0.1, 0.15) is 37.3 Å². The molecule has 1 aliphatic heterocycles. The summed E-state index contributed by atoms with van der Waals surface area (Å²) >= 11 is 0. The Bertz CT molecular complexity index is 1040. The Labute approximate surface area is 181 Å². The van der Waals surface area contributed by atoms with E-state index in [1.807, 2.05) is 24.3 Å². The first-order valence-corrected chi connectivity index (χ1v) is 11.0. The van der Waals surface area contributed by atoms with Gasteiger partial charge < -0.3 is 14.8 Å². The molecule has 2 fully saturated rings. The highest BCUT2D eigenvalue weighted by atomic mass is 16.5. The van der Waals surface area contributed by atoms with Crippen LogP contribution in [0.3, 0.4) is 0 Å². The lowest BCUT2D eigenvalue weighted by Gasteiger charge is -2.36. The van der Waals surface area contributed by atoms with E-state index < -0.39 is 0 Å². The molecular weight excluding hydrogens is 390 g/mol. The number of likely N-dealkylation sites (tertiary alicyclic amines) is 1. The van der Waals surface area contributed by atoms with Gasteiger partial charge in [-0.2, -0.15) is 0 Å². The third kappa shape index (κ3) is 4.51.